The van der Waals surface area contributed by atoms with Crippen LogP contribution in [0.1, 0.15) is 25.3 Å². The smallest absolute Gasteiger partial charge is 0.251 e. The van der Waals surface area contributed by atoms with Crippen molar-refractivity contribution in [3.05, 3.63) is 42.5 Å². The zero-order chi connectivity index (χ0) is 19.5. The van der Waals surface area contributed by atoms with Crippen molar-refractivity contribution in [2.45, 2.75) is 38.8 Å². The number of hydrogen-bond acceptors (Lipinski definition) is 3. The largest absolute Gasteiger partial charge is 0.489 e. The Balaban J connectivity index is 1.92. The number of alkyl halides is 2. The van der Waals surface area contributed by atoms with Gasteiger partial charge in [0.25, 0.3) is 6.43 Å². The second-order valence-electron chi connectivity index (χ2n) is 6.51. The predicted molar refractivity (Wildman–Crippen MR) is 106 cm³/mol. The highest BCUT2D eigenvalue weighted by Crippen LogP contribution is 2.19. The zero-order valence-electron chi connectivity index (χ0n) is 16.0. The third-order valence-corrected chi connectivity index (χ3v) is 4.41. The number of halogens is 2. The summed E-state index contributed by atoms with van der Waals surface area (Å²) < 4.78 is 30.7. The molecule has 1 aliphatic rings. The predicted octanol–water partition coefficient (Wildman–Crippen LogP) is 3.04. The molecule has 2 N–H and O–H groups in total. The van der Waals surface area contributed by atoms with Crippen molar-refractivity contribution < 1.29 is 13.5 Å². The Morgan fingerprint density at radius 3 is 2.78 bits per heavy atom. The molecule has 0 aromatic heterocycles. The minimum absolute atomic E-state index is 0.137. The van der Waals surface area contributed by atoms with Crippen molar-refractivity contribution in [1.29, 1.82) is 0 Å². The Morgan fingerprint density at radius 1 is 1.37 bits per heavy atom. The summed E-state index contributed by atoms with van der Waals surface area (Å²) in [6.45, 7) is 8.62. The molecule has 0 atom stereocenters. The molecule has 0 radical (unpaired) electrons. The molecule has 0 amide bonds. The van der Waals surface area contributed by atoms with Crippen LogP contribution in [-0.4, -0.2) is 56.1 Å². The van der Waals surface area contributed by atoms with Crippen molar-refractivity contribution in [3.63, 3.8) is 0 Å². The van der Waals surface area contributed by atoms with E-state index in [0.29, 0.717) is 26.2 Å². The topological polar surface area (TPSA) is 48.9 Å². The van der Waals surface area contributed by atoms with Crippen molar-refractivity contribution in [2.24, 2.45) is 4.99 Å². The van der Waals surface area contributed by atoms with Gasteiger partial charge in [0.2, 0.25) is 0 Å². The minimum Gasteiger partial charge on any atom is -0.489 e. The van der Waals surface area contributed by atoms with Crippen LogP contribution < -0.4 is 15.4 Å². The monoisotopic (exact) mass is 380 g/mol. The molecular weight excluding hydrogens is 350 g/mol. The van der Waals surface area contributed by atoms with Crippen LogP contribution in [0, 0.1) is 0 Å². The number of aliphatic imine (C=N–C) groups is 1. The van der Waals surface area contributed by atoms with Crippen LogP contribution in [0.2, 0.25) is 0 Å². The van der Waals surface area contributed by atoms with E-state index in [1.54, 1.807) is 6.08 Å². The fraction of sp³-hybridized carbons (Fsp3) is 0.550. The van der Waals surface area contributed by atoms with Gasteiger partial charge in [-0.3, -0.25) is 4.90 Å². The normalized spacial score (nSPS) is 16.4. The first-order valence-electron chi connectivity index (χ1n) is 9.49. The number of nitrogens with zero attached hydrogens (tertiary/aromatic N) is 2. The number of rotatable bonds is 9. The lowest BCUT2D eigenvalue weighted by atomic mass is 10.1. The van der Waals surface area contributed by atoms with E-state index >= 15 is 0 Å². The van der Waals surface area contributed by atoms with Crippen LogP contribution in [0.3, 0.4) is 0 Å². The van der Waals surface area contributed by atoms with Crippen LogP contribution in [0.25, 0.3) is 0 Å². The summed E-state index contributed by atoms with van der Waals surface area (Å²) in [7, 11) is 0. The van der Waals surface area contributed by atoms with E-state index in [1.165, 1.54) is 0 Å². The summed E-state index contributed by atoms with van der Waals surface area (Å²) in [5, 5.41) is 6.69. The summed E-state index contributed by atoms with van der Waals surface area (Å²) in [5.74, 6) is 1.54. The van der Waals surface area contributed by atoms with Gasteiger partial charge in [0.1, 0.15) is 12.4 Å². The Hall–Kier alpha value is -2.15. The lowest BCUT2D eigenvalue weighted by Crippen LogP contribution is -2.49. The van der Waals surface area contributed by atoms with Crippen molar-refractivity contribution >= 4 is 5.96 Å². The molecule has 150 valence electrons. The number of benzene rings is 1. The molecule has 0 saturated carbocycles. The molecule has 1 heterocycles. The Bertz CT molecular complexity index is 601. The summed E-state index contributed by atoms with van der Waals surface area (Å²) >= 11 is 0. The summed E-state index contributed by atoms with van der Waals surface area (Å²) in [6.07, 6.45) is 1.11. The quantitative estimate of drug-likeness (QED) is 0.393. The number of ether oxygens (including phenoxy) is 1. The first-order valence-corrected chi connectivity index (χ1v) is 9.49. The van der Waals surface area contributed by atoms with Gasteiger partial charge in [0.05, 0.1) is 13.1 Å². The molecule has 0 unspecified atom stereocenters. The molecule has 1 fully saturated rings. The molecule has 7 heteroatoms. The van der Waals surface area contributed by atoms with E-state index in [0.717, 1.165) is 36.7 Å². The summed E-state index contributed by atoms with van der Waals surface area (Å²) in [6, 6.07) is 8.05. The average Bonchev–Trinajstić information content (AvgIpc) is 2.66. The van der Waals surface area contributed by atoms with Crippen molar-refractivity contribution in [2.75, 3.05) is 32.8 Å². The molecule has 2 rings (SSSR count). The lowest BCUT2D eigenvalue weighted by molar-refractivity contribution is 0.0744. The fourth-order valence-electron chi connectivity index (χ4n) is 3.06. The molecule has 1 saturated heterocycles. The number of guanidine groups is 1. The first-order chi connectivity index (χ1) is 13.1. The van der Waals surface area contributed by atoms with Gasteiger partial charge in [-0.15, -0.1) is 0 Å². The maximum Gasteiger partial charge on any atom is 0.251 e. The molecule has 0 bridgehead atoms. The Labute approximate surface area is 160 Å². The third kappa shape index (κ3) is 7.54. The van der Waals surface area contributed by atoms with Crippen LogP contribution >= 0.6 is 0 Å². The highest BCUT2D eigenvalue weighted by Gasteiger charge is 2.21. The van der Waals surface area contributed by atoms with Gasteiger partial charge in [-0.2, -0.15) is 0 Å². The number of piperidine rings is 1. The van der Waals surface area contributed by atoms with Gasteiger partial charge in [0, 0.05) is 31.2 Å². The molecule has 1 aromatic carbocycles. The van der Waals surface area contributed by atoms with E-state index in [2.05, 4.69) is 22.2 Å². The second kappa shape index (κ2) is 11.5. The van der Waals surface area contributed by atoms with Crippen LogP contribution in [0.15, 0.2) is 41.9 Å². The fourth-order valence-corrected chi connectivity index (χ4v) is 3.06. The van der Waals surface area contributed by atoms with E-state index in [-0.39, 0.29) is 12.6 Å². The number of likely N-dealkylation sites (tertiary alicyclic amines) is 1. The van der Waals surface area contributed by atoms with Crippen LogP contribution in [0.5, 0.6) is 5.75 Å². The van der Waals surface area contributed by atoms with E-state index in [1.807, 2.05) is 36.1 Å². The number of nitrogens with one attached hydrogen (secondary N) is 2. The van der Waals surface area contributed by atoms with E-state index in [4.69, 9.17) is 4.74 Å². The lowest BCUT2D eigenvalue weighted by Gasteiger charge is -2.32. The highest BCUT2D eigenvalue weighted by molar-refractivity contribution is 5.80. The van der Waals surface area contributed by atoms with E-state index < -0.39 is 6.43 Å². The first kappa shape index (κ1) is 21.2. The van der Waals surface area contributed by atoms with Gasteiger partial charge in [-0.1, -0.05) is 30.9 Å². The third-order valence-electron chi connectivity index (χ3n) is 4.41. The van der Waals surface area contributed by atoms with Gasteiger partial charge < -0.3 is 15.4 Å². The highest BCUT2D eigenvalue weighted by atomic mass is 19.3. The minimum atomic E-state index is -2.27. The molecule has 5 nitrogen and oxygen atoms in total. The SMILES string of the molecule is C=CCOc1ccccc1CN=C(NCC)NC1CCN(CC(F)F)CC1. The summed E-state index contributed by atoms with van der Waals surface area (Å²) in [4.78, 5) is 6.49. The molecular formula is C20H30F2N4O. The van der Waals surface area contributed by atoms with E-state index in [9.17, 15) is 8.78 Å². The maximum absolute atomic E-state index is 12.5. The van der Waals surface area contributed by atoms with Gasteiger partial charge in [-0.05, 0) is 25.8 Å². The van der Waals surface area contributed by atoms with Crippen LogP contribution in [-0.2, 0) is 6.54 Å². The molecule has 27 heavy (non-hydrogen) atoms. The summed E-state index contributed by atoms with van der Waals surface area (Å²) in [5.41, 5.74) is 1.00. The molecule has 1 aromatic rings. The molecule has 1 aliphatic heterocycles. The number of para-hydroxylation sites is 1. The molecule has 0 aliphatic carbocycles. The van der Waals surface area contributed by atoms with Gasteiger partial charge in [0.15, 0.2) is 5.96 Å². The number of hydrogen-bond donors (Lipinski definition) is 2. The Morgan fingerprint density at radius 2 is 2.11 bits per heavy atom. The standard InChI is InChI=1S/C20H30F2N4O/c1-3-13-27-18-8-6-5-7-16(18)14-24-20(23-4-2)25-17-9-11-26(12-10-17)15-19(21)22/h3,5-8,17,19H,1,4,9-15H2,2H3,(H2,23,24,25). The van der Waals surface area contributed by atoms with Gasteiger partial charge in [-0.25, -0.2) is 13.8 Å². The maximum atomic E-state index is 12.5. The Kier molecular flexibility index (Phi) is 9.04. The zero-order valence-corrected chi connectivity index (χ0v) is 16.0. The van der Waals surface area contributed by atoms with Gasteiger partial charge >= 0.3 is 0 Å². The average molecular weight is 380 g/mol. The molecule has 0 spiro atoms. The van der Waals surface area contributed by atoms with Crippen molar-refractivity contribution in [1.82, 2.24) is 15.5 Å². The van der Waals surface area contributed by atoms with Crippen LogP contribution in [0.4, 0.5) is 8.78 Å². The second-order valence-corrected chi connectivity index (χ2v) is 6.51. The van der Waals surface area contributed by atoms with Crippen molar-refractivity contribution in [3.8, 4) is 5.75 Å².